The average molecular weight is 427 g/mol. The highest BCUT2D eigenvalue weighted by atomic mass is 19.1. The molecule has 2 N–H and O–H groups in total. The second-order valence-corrected chi connectivity index (χ2v) is 7.35. The molecule has 2 aromatic rings. The van der Waals surface area contributed by atoms with E-state index in [0.717, 1.165) is 11.3 Å². The van der Waals surface area contributed by atoms with Crippen LogP contribution in [0.1, 0.15) is 25.3 Å². The molecule has 0 aliphatic carbocycles. The molecule has 1 atom stereocenters. The fourth-order valence-electron chi connectivity index (χ4n) is 3.73. The van der Waals surface area contributed by atoms with Gasteiger partial charge in [-0.15, -0.1) is 0 Å². The van der Waals surface area contributed by atoms with Gasteiger partial charge in [0.05, 0.1) is 13.2 Å². The van der Waals surface area contributed by atoms with E-state index in [1.165, 1.54) is 24.3 Å². The van der Waals surface area contributed by atoms with Crippen molar-refractivity contribution in [1.29, 1.82) is 0 Å². The number of carbonyl (C=O) groups is 3. The number of nitrogens with zero attached hydrogens (tertiary/aromatic N) is 1. The third-order valence-corrected chi connectivity index (χ3v) is 5.38. The molecule has 9 heteroatoms. The molecule has 162 valence electrons. The largest absolute Gasteiger partial charge is 0.490 e. The number of anilines is 1. The SMILES string of the molecule is CC[C@]1(c2ccc(F)cc2)NC(=O)N(CC(=O)Nc2ccc3c(c2)OCCCO3)C1=O. The summed E-state index contributed by atoms with van der Waals surface area (Å²) in [5.41, 5.74) is -0.414. The molecule has 2 heterocycles. The van der Waals surface area contributed by atoms with Gasteiger partial charge in [0.15, 0.2) is 11.5 Å². The van der Waals surface area contributed by atoms with Crippen molar-refractivity contribution in [2.75, 3.05) is 25.1 Å². The van der Waals surface area contributed by atoms with Crippen LogP contribution in [-0.2, 0) is 15.1 Å². The minimum absolute atomic E-state index is 0.253. The molecule has 2 aliphatic rings. The van der Waals surface area contributed by atoms with Gasteiger partial charge in [0.1, 0.15) is 17.9 Å². The van der Waals surface area contributed by atoms with Gasteiger partial charge in [-0.1, -0.05) is 19.1 Å². The van der Waals surface area contributed by atoms with E-state index in [1.54, 1.807) is 25.1 Å². The number of urea groups is 1. The highest BCUT2D eigenvalue weighted by Crippen LogP contribution is 2.34. The van der Waals surface area contributed by atoms with Gasteiger partial charge < -0.3 is 20.1 Å². The molecule has 0 unspecified atom stereocenters. The Morgan fingerprint density at radius 1 is 1.13 bits per heavy atom. The fourth-order valence-corrected chi connectivity index (χ4v) is 3.73. The quantitative estimate of drug-likeness (QED) is 0.716. The molecule has 0 saturated carbocycles. The lowest BCUT2D eigenvalue weighted by molar-refractivity contribution is -0.134. The minimum Gasteiger partial charge on any atom is -0.490 e. The number of hydrogen-bond acceptors (Lipinski definition) is 5. The maximum absolute atomic E-state index is 13.3. The Morgan fingerprint density at radius 3 is 2.55 bits per heavy atom. The van der Waals surface area contributed by atoms with Crippen molar-refractivity contribution in [1.82, 2.24) is 10.2 Å². The Hall–Kier alpha value is -3.62. The van der Waals surface area contributed by atoms with Crippen LogP contribution >= 0.6 is 0 Å². The van der Waals surface area contributed by atoms with Crippen molar-refractivity contribution in [2.45, 2.75) is 25.3 Å². The Bertz CT molecular complexity index is 1030. The number of imide groups is 1. The molecule has 2 aromatic carbocycles. The molecule has 31 heavy (non-hydrogen) atoms. The number of benzene rings is 2. The van der Waals surface area contributed by atoms with E-state index in [4.69, 9.17) is 9.47 Å². The van der Waals surface area contributed by atoms with E-state index in [-0.39, 0.29) is 6.42 Å². The zero-order valence-corrected chi connectivity index (χ0v) is 16.9. The number of carbonyl (C=O) groups excluding carboxylic acids is 3. The Kier molecular flexibility index (Phi) is 5.50. The van der Waals surface area contributed by atoms with Crippen LogP contribution < -0.4 is 20.1 Å². The molecule has 2 aliphatic heterocycles. The molecular formula is C22H22FN3O5. The summed E-state index contributed by atoms with van der Waals surface area (Å²) < 4.78 is 24.5. The van der Waals surface area contributed by atoms with Crippen LogP contribution in [0.3, 0.4) is 0 Å². The highest BCUT2D eigenvalue weighted by Gasteiger charge is 2.51. The van der Waals surface area contributed by atoms with Crippen molar-refractivity contribution < 1.29 is 28.2 Å². The molecule has 0 aromatic heterocycles. The topological polar surface area (TPSA) is 97.0 Å². The summed E-state index contributed by atoms with van der Waals surface area (Å²) >= 11 is 0. The molecule has 8 nitrogen and oxygen atoms in total. The van der Waals surface area contributed by atoms with Gasteiger partial charge in [0.2, 0.25) is 5.91 Å². The summed E-state index contributed by atoms with van der Waals surface area (Å²) in [6.45, 7) is 2.35. The van der Waals surface area contributed by atoms with Crippen LogP contribution in [0.4, 0.5) is 14.9 Å². The lowest BCUT2D eigenvalue weighted by atomic mass is 9.87. The minimum atomic E-state index is -1.33. The van der Waals surface area contributed by atoms with Gasteiger partial charge in [-0.05, 0) is 36.2 Å². The number of ether oxygens (including phenoxy) is 2. The number of fused-ring (bicyclic) bond motifs is 1. The molecule has 0 spiro atoms. The normalized spacial score (nSPS) is 20.3. The van der Waals surface area contributed by atoms with Crippen molar-refractivity contribution in [3.63, 3.8) is 0 Å². The van der Waals surface area contributed by atoms with Crippen LogP contribution in [0.2, 0.25) is 0 Å². The first kappa shape index (κ1) is 20.6. The van der Waals surface area contributed by atoms with E-state index in [9.17, 15) is 18.8 Å². The summed E-state index contributed by atoms with van der Waals surface area (Å²) in [4.78, 5) is 39.1. The smallest absolute Gasteiger partial charge is 0.325 e. The first-order valence-electron chi connectivity index (χ1n) is 10.0. The van der Waals surface area contributed by atoms with Gasteiger partial charge >= 0.3 is 6.03 Å². The molecule has 1 fully saturated rings. The fraction of sp³-hybridized carbons (Fsp3) is 0.318. The monoisotopic (exact) mass is 427 g/mol. The summed E-state index contributed by atoms with van der Waals surface area (Å²) in [5.74, 6) is -0.425. The summed E-state index contributed by atoms with van der Waals surface area (Å²) in [6, 6.07) is 9.69. The van der Waals surface area contributed by atoms with E-state index in [2.05, 4.69) is 10.6 Å². The number of rotatable bonds is 5. The van der Waals surface area contributed by atoms with E-state index in [1.807, 2.05) is 0 Å². The predicted molar refractivity (Wildman–Crippen MR) is 109 cm³/mol. The number of amides is 4. The summed E-state index contributed by atoms with van der Waals surface area (Å²) in [5, 5.41) is 5.34. The molecule has 0 bridgehead atoms. The second kappa shape index (κ2) is 8.25. The molecular weight excluding hydrogens is 405 g/mol. The van der Waals surface area contributed by atoms with Gasteiger partial charge in [0, 0.05) is 18.2 Å². The summed E-state index contributed by atoms with van der Waals surface area (Å²) in [6.07, 6.45) is 1.01. The van der Waals surface area contributed by atoms with Crippen molar-refractivity contribution in [3.05, 3.63) is 53.8 Å². The number of hydrogen-bond donors (Lipinski definition) is 2. The maximum atomic E-state index is 13.3. The van der Waals surface area contributed by atoms with Crippen LogP contribution in [0, 0.1) is 5.82 Å². The average Bonchev–Trinajstić information content (AvgIpc) is 2.91. The molecule has 4 amide bonds. The van der Waals surface area contributed by atoms with Crippen molar-refractivity contribution in [2.24, 2.45) is 0 Å². The third-order valence-electron chi connectivity index (χ3n) is 5.38. The Morgan fingerprint density at radius 2 is 1.84 bits per heavy atom. The van der Waals surface area contributed by atoms with Crippen LogP contribution in [0.25, 0.3) is 0 Å². The van der Waals surface area contributed by atoms with Gasteiger partial charge in [-0.3, -0.25) is 14.5 Å². The van der Waals surface area contributed by atoms with E-state index >= 15 is 0 Å². The molecule has 0 radical (unpaired) electrons. The van der Waals surface area contributed by atoms with Crippen LogP contribution in [-0.4, -0.2) is 42.5 Å². The first-order valence-corrected chi connectivity index (χ1v) is 10.0. The molecule has 4 rings (SSSR count). The third kappa shape index (κ3) is 3.90. The maximum Gasteiger partial charge on any atom is 0.325 e. The Balaban J connectivity index is 1.48. The summed E-state index contributed by atoms with van der Waals surface area (Å²) in [7, 11) is 0. The van der Waals surface area contributed by atoms with Crippen molar-refractivity contribution in [3.8, 4) is 11.5 Å². The second-order valence-electron chi connectivity index (χ2n) is 7.35. The molecule has 1 saturated heterocycles. The van der Waals surface area contributed by atoms with E-state index < -0.39 is 35.7 Å². The van der Waals surface area contributed by atoms with Crippen LogP contribution in [0.15, 0.2) is 42.5 Å². The Labute approximate surface area is 178 Å². The predicted octanol–water partition coefficient (Wildman–Crippen LogP) is 2.78. The first-order chi connectivity index (χ1) is 14.9. The van der Waals surface area contributed by atoms with Crippen molar-refractivity contribution >= 4 is 23.5 Å². The van der Waals surface area contributed by atoms with Crippen LogP contribution in [0.5, 0.6) is 11.5 Å². The zero-order chi connectivity index (χ0) is 22.0. The lowest BCUT2D eigenvalue weighted by Crippen LogP contribution is -2.44. The van der Waals surface area contributed by atoms with E-state index in [0.29, 0.717) is 36.0 Å². The van der Waals surface area contributed by atoms with Gasteiger partial charge in [0.25, 0.3) is 5.91 Å². The zero-order valence-electron chi connectivity index (χ0n) is 16.9. The van der Waals surface area contributed by atoms with Gasteiger partial charge in [-0.25, -0.2) is 9.18 Å². The lowest BCUT2D eigenvalue weighted by Gasteiger charge is -2.25. The number of halogens is 1. The number of nitrogens with one attached hydrogen (secondary N) is 2. The standard InChI is InChI=1S/C22H22FN3O5/c1-2-22(14-4-6-15(23)7-5-14)20(28)26(21(29)25-22)13-19(27)24-16-8-9-17-18(12-16)31-11-3-10-30-17/h4-9,12H,2-3,10-11,13H2,1H3,(H,24,27)(H,25,29)/t22-/m1/s1. The highest BCUT2D eigenvalue weighted by molar-refractivity contribution is 6.10. The van der Waals surface area contributed by atoms with Gasteiger partial charge in [-0.2, -0.15) is 0 Å².